The molecule has 3 aromatic heterocycles. The molecule has 3 amide bonds. The van der Waals surface area contributed by atoms with Crippen molar-refractivity contribution >= 4 is 45.2 Å². The molecule has 0 saturated carbocycles. The number of likely N-dealkylation sites (tertiary alicyclic amines) is 1. The van der Waals surface area contributed by atoms with Crippen LogP contribution in [0.4, 0.5) is 5.13 Å². The number of methoxy groups -OCH3 is 1. The minimum absolute atomic E-state index is 0.0249. The number of amides is 3. The second-order valence-corrected chi connectivity index (χ2v) is 10.4. The number of rotatable bonds is 10. The summed E-state index contributed by atoms with van der Waals surface area (Å²) < 4.78 is 12.0. The zero-order valence-corrected chi connectivity index (χ0v) is 22.8. The molecule has 0 bridgehead atoms. The van der Waals surface area contributed by atoms with Crippen LogP contribution in [0.5, 0.6) is 0 Å². The van der Waals surface area contributed by atoms with E-state index in [1.54, 1.807) is 20.9 Å². The number of thiazole rings is 1. The number of carbonyl (C=O) groups excluding carboxylic acids is 3. The van der Waals surface area contributed by atoms with E-state index in [0.29, 0.717) is 36.8 Å². The molecule has 1 fully saturated rings. The molecule has 210 valence electrons. The highest BCUT2D eigenvalue weighted by Crippen LogP contribution is 2.25. The van der Waals surface area contributed by atoms with Crippen LogP contribution in [0.3, 0.4) is 0 Å². The Labute approximate surface area is 233 Å². The van der Waals surface area contributed by atoms with Crippen molar-refractivity contribution < 1.29 is 23.5 Å². The SMILES string of the molecule is COCCN(CC(=O)Nc1nc(CC(=O)N2CCC(n3c(=O)[nH]c4ccccc43)CC2)cs1)C(=O)c1ccco1. The molecule has 5 rings (SSSR count). The topological polar surface area (TPSA) is 143 Å². The Hall–Kier alpha value is -4.23. The average Bonchev–Trinajstić information content (AvgIpc) is 3.71. The van der Waals surface area contributed by atoms with E-state index in [1.165, 1.54) is 35.7 Å². The molecule has 2 N–H and O–H groups in total. The summed E-state index contributed by atoms with van der Waals surface area (Å²) in [5.74, 6) is -0.752. The first-order chi connectivity index (χ1) is 19.4. The molecule has 0 spiro atoms. The van der Waals surface area contributed by atoms with E-state index in [9.17, 15) is 19.2 Å². The van der Waals surface area contributed by atoms with Crippen molar-refractivity contribution in [2.24, 2.45) is 0 Å². The maximum atomic E-state index is 13.0. The zero-order chi connectivity index (χ0) is 28.1. The van der Waals surface area contributed by atoms with E-state index in [0.717, 1.165) is 11.0 Å². The molecule has 12 nitrogen and oxygen atoms in total. The first kappa shape index (κ1) is 27.3. The highest BCUT2D eigenvalue weighted by Gasteiger charge is 2.27. The summed E-state index contributed by atoms with van der Waals surface area (Å²) >= 11 is 1.22. The summed E-state index contributed by atoms with van der Waals surface area (Å²) in [6.07, 6.45) is 2.87. The van der Waals surface area contributed by atoms with Crippen molar-refractivity contribution in [1.82, 2.24) is 24.3 Å². The van der Waals surface area contributed by atoms with E-state index in [-0.39, 0.29) is 49.5 Å². The maximum Gasteiger partial charge on any atom is 0.326 e. The highest BCUT2D eigenvalue weighted by atomic mass is 32.1. The van der Waals surface area contributed by atoms with E-state index in [2.05, 4.69) is 15.3 Å². The number of ether oxygens (including phenoxy) is 1. The summed E-state index contributed by atoms with van der Waals surface area (Å²) in [7, 11) is 1.52. The minimum atomic E-state index is -0.419. The smallest absolute Gasteiger partial charge is 0.326 e. The van der Waals surface area contributed by atoms with Gasteiger partial charge in [0.25, 0.3) is 5.91 Å². The molecule has 4 aromatic rings. The van der Waals surface area contributed by atoms with Crippen LogP contribution in [0.1, 0.15) is 35.1 Å². The van der Waals surface area contributed by atoms with Crippen LogP contribution in [-0.2, 0) is 20.7 Å². The number of carbonyl (C=O) groups is 3. The van der Waals surface area contributed by atoms with Crippen LogP contribution >= 0.6 is 11.3 Å². The summed E-state index contributed by atoms with van der Waals surface area (Å²) in [4.78, 5) is 61.2. The van der Waals surface area contributed by atoms with E-state index in [1.807, 2.05) is 24.3 Å². The van der Waals surface area contributed by atoms with E-state index < -0.39 is 11.8 Å². The van der Waals surface area contributed by atoms with Gasteiger partial charge in [-0.25, -0.2) is 9.78 Å². The number of furan rings is 1. The third kappa shape index (κ3) is 6.15. The van der Waals surface area contributed by atoms with Gasteiger partial charge in [0.1, 0.15) is 6.54 Å². The Kier molecular flexibility index (Phi) is 8.41. The fourth-order valence-electron chi connectivity index (χ4n) is 4.86. The van der Waals surface area contributed by atoms with Crippen molar-refractivity contribution in [3.63, 3.8) is 0 Å². The van der Waals surface area contributed by atoms with Crippen LogP contribution in [0, 0.1) is 0 Å². The number of anilines is 1. The molecule has 1 saturated heterocycles. The van der Waals surface area contributed by atoms with Gasteiger partial charge < -0.3 is 29.3 Å². The normalized spacial score (nSPS) is 14.0. The predicted octanol–water partition coefficient (Wildman–Crippen LogP) is 2.51. The molecule has 0 atom stereocenters. The molecular weight excluding hydrogens is 536 g/mol. The van der Waals surface area contributed by atoms with E-state index in [4.69, 9.17) is 9.15 Å². The fraction of sp³-hybridized carbons (Fsp3) is 0.370. The number of hydrogen-bond donors (Lipinski definition) is 2. The first-order valence-corrected chi connectivity index (χ1v) is 13.8. The molecule has 4 heterocycles. The fourth-order valence-corrected chi connectivity index (χ4v) is 5.59. The molecule has 40 heavy (non-hydrogen) atoms. The monoisotopic (exact) mass is 566 g/mol. The van der Waals surface area contributed by atoms with Crippen molar-refractivity contribution in [1.29, 1.82) is 0 Å². The second kappa shape index (κ2) is 12.3. The van der Waals surface area contributed by atoms with Gasteiger partial charge in [-0.15, -0.1) is 11.3 Å². The number of nitrogens with one attached hydrogen (secondary N) is 2. The van der Waals surface area contributed by atoms with E-state index >= 15 is 0 Å². The molecule has 1 aliphatic rings. The van der Waals surface area contributed by atoms with Crippen molar-refractivity contribution in [2.45, 2.75) is 25.3 Å². The summed E-state index contributed by atoms with van der Waals surface area (Å²) in [6.45, 7) is 1.37. The molecule has 1 aromatic carbocycles. The quantitative estimate of drug-likeness (QED) is 0.300. The molecule has 0 unspecified atom stereocenters. The van der Waals surface area contributed by atoms with Crippen LogP contribution < -0.4 is 11.0 Å². The Morgan fingerprint density at radius 2 is 2.00 bits per heavy atom. The minimum Gasteiger partial charge on any atom is -0.459 e. The molecular formula is C27H30N6O6S. The third-order valence-electron chi connectivity index (χ3n) is 6.86. The third-order valence-corrected chi connectivity index (χ3v) is 7.66. The Morgan fingerprint density at radius 1 is 1.20 bits per heavy atom. The Balaban J connectivity index is 1.13. The van der Waals surface area contributed by atoms with Gasteiger partial charge >= 0.3 is 5.69 Å². The van der Waals surface area contributed by atoms with Crippen molar-refractivity contribution in [3.05, 3.63) is 70.0 Å². The number of benzene rings is 1. The number of fused-ring (bicyclic) bond motifs is 1. The standard InChI is InChI=1S/C27H30N6O6S/c1-38-14-12-32(25(36)22-7-4-13-39-22)16-23(34)30-26-28-18(17-40-26)15-24(35)31-10-8-19(9-11-31)33-21-6-3-2-5-20(21)29-27(33)37/h2-7,13,17,19H,8-12,14-16H2,1H3,(H,29,37)(H,28,30,34). The van der Waals surface area contributed by atoms with Crippen LogP contribution in [-0.4, -0.2) is 82.0 Å². The van der Waals surface area contributed by atoms with Gasteiger partial charge in [-0.3, -0.25) is 19.0 Å². The van der Waals surface area contributed by atoms with Gasteiger partial charge in [0.15, 0.2) is 10.9 Å². The van der Waals surface area contributed by atoms with Gasteiger partial charge in [-0.05, 0) is 37.1 Å². The van der Waals surface area contributed by atoms with Crippen molar-refractivity contribution in [2.75, 3.05) is 45.2 Å². The molecule has 0 aliphatic carbocycles. The summed E-state index contributed by atoms with van der Waals surface area (Å²) in [5.41, 5.74) is 2.11. The zero-order valence-electron chi connectivity index (χ0n) is 22.0. The lowest BCUT2D eigenvalue weighted by molar-refractivity contribution is -0.131. The number of hydrogen-bond acceptors (Lipinski definition) is 8. The van der Waals surface area contributed by atoms with Gasteiger partial charge in [0.2, 0.25) is 11.8 Å². The lowest BCUT2D eigenvalue weighted by atomic mass is 10.0. The molecule has 0 radical (unpaired) electrons. The molecule has 1 aliphatic heterocycles. The lowest BCUT2D eigenvalue weighted by Crippen LogP contribution is -2.41. The number of aromatic nitrogens is 3. The number of aromatic amines is 1. The van der Waals surface area contributed by atoms with Gasteiger partial charge in [0.05, 0.1) is 36.0 Å². The van der Waals surface area contributed by atoms with Gasteiger partial charge in [0, 0.05) is 38.2 Å². The predicted molar refractivity (Wildman–Crippen MR) is 148 cm³/mol. The van der Waals surface area contributed by atoms with Crippen LogP contribution in [0.15, 0.2) is 57.3 Å². The van der Waals surface area contributed by atoms with Gasteiger partial charge in [-0.2, -0.15) is 0 Å². The first-order valence-electron chi connectivity index (χ1n) is 13.0. The van der Waals surface area contributed by atoms with Crippen molar-refractivity contribution in [3.8, 4) is 0 Å². The number of H-pyrrole nitrogens is 1. The number of imidazole rings is 1. The highest BCUT2D eigenvalue weighted by molar-refractivity contribution is 7.13. The lowest BCUT2D eigenvalue weighted by Gasteiger charge is -2.32. The Morgan fingerprint density at radius 3 is 2.75 bits per heavy atom. The molecule has 13 heteroatoms. The number of nitrogens with zero attached hydrogens (tertiary/aromatic N) is 4. The van der Waals surface area contributed by atoms with Gasteiger partial charge in [-0.1, -0.05) is 12.1 Å². The maximum absolute atomic E-state index is 13.0. The average molecular weight is 567 g/mol. The summed E-state index contributed by atoms with van der Waals surface area (Å²) in [5, 5.41) is 4.79. The summed E-state index contributed by atoms with van der Waals surface area (Å²) in [6, 6.07) is 10.8. The second-order valence-electron chi connectivity index (χ2n) is 9.50. The number of piperidine rings is 1. The Bertz CT molecular complexity index is 1530. The number of para-hydroxylation sites is 2. The largest absolute Gasteiger partial charge is 0.459 e. The van der Waals surface area contributed by atoms with Crippen LogP contribution in [0.25, 0.3) is 11.0 Å². The van der Waals surface area contributed by atoms with Crippen LogP contribution in [0.2, 0.25) is 0 Å².